The van der Waals surface area contributed by atoms with Crippen molar-refractivity contribution < 1.29 is 5.11 Å². The van der Waals surface area contributed by atoms with Gasteiger partial charge in [-0.2, -0.15) is 0 Å². The van der Waals surface area contributed by atoms with E-state index in [1.54, 1.807) is 6.08 Å². The predicted octanol–water partition coefficient (Wildman–Crippen LogP) is 3.56. The first-order chi connectivity index (χ1) is 7.69. The highest BCUT2D eigenvalue weighted by atomic mass is 16.3. The van der Waals surface area contributed by atoms with Gasteiger partial charge in [0, 0.05) is 5.92 Å². The zero-order valence-corrected chi connectivity index (χ0v) is 9.73. The maximum Gasteiger partial charge on any atom is 0.0962 e. The maximum absolute atomic E-state index is 10.8. The van der Waals surface area contributed by atoms with E-state index < -0.39 is 5.60 Å². The van der Waals surface area contributed by atoms with E-state index in [0.717, 1.165) is 12.0 Å². The van der Waals surface area contributed by atoms with E-state index >= 15 is 0 Å². The van der Waals surface area contributed by atoms with Crippen LogP contribution < -0.4 is 0 Å². The van der Waals surface area contributed by atoms with Crippen molar-refractivity contribution in [3.8, 4) is 0 Å². The summed E-state index contributed by atoms with van der Waals surface area (Å²) in [6.07, 6.45) is 13.5. The van der Waals surface area contributed by atoms with Crippen molar-refractivity contribution in [2.24, 2.45) is 5.92 Å². The van der Waals surface area contributed by atoms with Gasteiger partial charge >= 0.3 is 0 Å². The summed E-state index contributed by atoms with van der Waals surface area (Å²) < 4.78 is 0. The Kier molecular flexibility index (Phi) is 4.51. The lowest BCUT2D eigenvalue weighted by Crippen LogP contribution is -2.39. The lowest BCUT2D eigenvalue weighted by molar-refractivity contribution is 0.0361. The number of allylic oxidation sites excluding steroid dienone is 4. The Morgan fingerprint density at radius 2 is 2.00 bits per heavy atom. The first-order valence-electron chi connectivity index (χ1n) is 5.62. The van der Waals surface area contributed by atoms with E-state index in [0.29, 0.717) is 12.8 Å². The average molecular weight is 216 g/mol. The Labute approximate surface area is 98.2 Å². The van der Waals surface area contributed by atoms with Crippen LogP contribution in [0.2, 0.25) is 0 Å². The van der Waals surface area contributed by atoms with Crippen LogP contribution in [0.15, 0.2) is 61.8 Å². The average Bonchev–Trinajstić information content (AvgIpc) is 2.25. The van der Waals surface area contributed by atoms with E-state index in [4.69, 9.17) is 0 Å². The van der Waals surface area contributed by atoms with Crippen molar-refractivity contribution in [3.05, 3.63) is 61.8 Å². The van der Waals surface area contributed by atoms with Crippen molar-refractivity contribution in [2.45, 2.75) is 24.9 Å². The fourth-order valence-electron chi connectivity index (χ4n) is 2.20. The highest BCUT2D eigenvalue weighted by Crippen LogP contribution is 2.38. The van der Waals surface area contributed by atoms with Crippen LogP contribution in [0.5, 0.6) is 0 Å². The molecule has 0 fully saturated rings. The molecule has 0 aromatic rings. The molecule has 0 heterocycles. The summed E-state index contributed by atoms with van der Waals surface area (Å²) in [5, 5.41) is 10.8. The SMILES string of the molecule is C=CCC1=CC=CC(CC=C)C1(O)CC=C. The van der Waals surface area contributed by atoms with Crippen molar-refractivity contribution in [1.29, 1.82) is 0 Å². The highest BCUT2D eigenvalue weighted by molar-refractivity contribution is 5.33. The van der Waals surface area contributed by atoms with E-state index in [1.165, 1.54) is 0 Å². The normalized spacial score (nSPS) is 28.3. The second-order valence-corrected chi connectivity index (χ2v) is 4.12. The molecule has 2 atom stereocenters. The predicted molar refractivity (Wildman–Crippen MR) is 70.1 cm³/mol. The van der Waals surface area contributed by atoms with Crippen LogP contribution >= 0.6 is 0 Å². The van der Waals surface area contributed by atoms with Crippen LogP contribution in [-0.4, -0.2) is 10.7 Å². The Morgan fingerprint density at radius 1 is 1.25 bits per heavy atom. The molecule has 0 aliphatic heterocycles. The molecule has 0 aromatic heterocycles. The molecular formula is C15H20O. The summed E-state index contributed by atoms with van der Waals surface area (Å²) in [7, 11) is 0. The Hall–Kier alpha value is -1.34. The van der Waals surface area contributed by atoms with Crippen molar-refractivity contribution in [3.63, 3.8) is 0 Å². The summed E-state index contributed by atoms with van der Waals surface area (Å²) in [6, 6.07) is 0. The number of hydrogen-bond donors (Lipinski definition) is 1. The van der Waals surface area contributed by atoms with Gasteiger partial charge in [0.15, 0.2) is 0 Å². The molecule has 1 heteroatoms. The lowest BCUT2D eigenvalue weighted by atomic mass is 9.73. The third kappa shape index (κ3) is 2.42. The van der Waals surface area contributed by atoms with Gasteiger partial charge in [-0.05, 0) is 24.8 Å². The molecule has 2 unspecified atom stereocenters. The minimum atomic E-state index is -0.821. The van der Waals surface area contributed by atoms with Gasteiger partial charge in [0.05, 0.1) is 5.60 Å². The van der Waals surface area contributed by atoms with Crippen LogP contribution in [0.4, 0.5) is 0 Å². The molecule has 1 nitrogen and oxygen atoms in total. The molecule has 1 N–H and O–H groups in total. The minimum Gasteiger partial charge on any atom is -0.385 e. The summed E-state index contributed by atoms with van der Waals surface area (Å²) in [6.45, 7) is 11.2. The van der Waals surface area contributed by atoms with E-state index in [2.05, 4.69) is 19.7 Å². The first kappa shape index (κ1) is 12.7. The van der Waals surface area contributed by atoms with Crippen LogP contribution in [0.3, 0.4) is 0 Å². The molecule has 1 aliphatic rings. The van der Waals surface area contributed by atoms with Gasteiger partial charge in [0.25, 0.3) is 0 Å². The van der Waals surface area contributed by atoms with Crippen LogP contribution in [0, 0.1) is 5.92 Å². The van der Waals surface area contributed by atoms with Crippen molar-refractivity contribution in [1.82, 2.24) is 0 Å². The van der Waals surface area contributed by atoms with E-state index in [9.17, 15) is 5.11 Å². The Balaban J connectivity index is 3.02. The van der Waals surface area contributed by atoms with Gasteiger partial charge < -0.3 is 5.11 Å². The molecule has 0 radical (unpaired) electrons. The van der Waals surface area contributed by atoms with Crippen molar-refractivity contribution >= 4 is 0 Å². The maximum atomic E-state index is 10.8. The molecule has 86 valence electrons. The number of rotatable bonds is 6. The van der Waals surface area contributed by atoms with Crippen LogP contribution in [0.1, 0.15) is 19.3 Å². The Bertz CT molecular complexity index is 335. The standard InChI is InChI=1S/C15H20O/c1-4-8-13-10-7-11-14(9-5-2)15(13,16)12-6-3/h4-7,10-11,13,16H,1-3,8-9,12H2. The summed E-state index contributed by atoms with van der Waals surface area (Å²) in [5.74, 6) is 0.0861. The summed E-state index contributed by atoms with van der Waals surface area (Å²) in [4.78, 5) is 0. The molecule has 0 saturated carbocycles. The molecule has 0 saturated heterocycles. The fourth-order valence-corrected chi connectivity index (χ4v) is 2.20. The zero-order chi connectivity index (χ0) is 12.0. The van der Waals surface area contributed by atoms with Crippen LogP contribution in [0.25, 0.3) is 0 Å². The molecule has 0 aromatic carbocycles. The lowest BCUT2D eigenvalue weighted by Gasteiger charge is -2.37. The topological polar surface area (TPSA) is 20.2 Å². The van der Waals surface area contributed by atoms with E-state index in [-0.39, 0.29) is 5.92 Å². The number of aliphatic hydroxyl groups is 1. The second kappa shape index (κ2) is 5.66. The largest absolute Gasteiger partial charge is 0.385 e. The van der Waals surface area contributed by atoms with Gasteiger partial charge in [-0.3, -0.25) is 0 Å². The molecule has 0 bridgehead atoms. The van der Waals surface area contributed by atoms with Crippen LogP contribution in [-0.2, 0) is 0 Å². The summed E-state index contributed by atoms with van der Waals surface area (Å²) >= 11 is 0. The first-order valence-corrected chi connectivity index (χ1v) is 5.62. The van der Waals surface area contributed by atoms with Gasteiger partial charge in [0.2, 0.25) is 0 Å². The third-order valence-electron chi connectivity index (χ3n) is 3.05. The van der Waals surface area contributed by atoms with Crippen molar-refractivity contribution in [2.75, 3.05) is 0 Å². The fraction of sp³-hybridized carbons (Fsp3) is 0.333. The molecular weight excluding hydrogens is 196 g/mol. The second-order valence-electron chi connectivity index (χ2n) is 4.12. The Morgan fingerprint density at radius 3 is 2.56 bits per heavy atom. The molecule has 16 heavy (non-hydrogen) atoms. The van der Waals surface area contributed by atoms with Gasteiger partial charge in [-0.15, -0.1) is 19.7 Å². The van der Waals surface area contributed by atoms with E-state index in [1.807, 2.05) is 30.4 Å². The smallest absolute Gasteiger partial charge is 0.0962 e. The third-order valence-corrected chi connectivity index (χ3v) is 3.05. The molecule has 1 aliphatic carbocycles. The molecule has 0 amide bonds. The number of hydrogen-bond acceptors (Lipinski definition) is 1. The highest BCUT2D eigenvalue weighted by Gasteiger charge is 2.37. The minimum absolute atomic E-state index is 0.0861. The van der Waals surface area contributed by atoms with Gasteiger partial charge in [0.1, 0.15) is 0 Å². The summed E-state index contributed by atoms with van der Waals surface area (Å²) in [5.41, 5.74) is 0.190. The van der Waals surface area contributed by atoms with Gasteiger partial charge in [-0.1, -0.05) is 36.5 Å². The molecule has 0 spiro atoms. The quantitative estimate of drug-likeness (QED) is 0.673. The monoisotopic (exact) mass is 216 g/mol. The molecule has 1 rings (SSSR count). The van der Waals surface area contributed by atoms with Gasteiger partial charge in [-0.25, -0.2) is 0 Å². The zero-order valence-electron chi connectivity index (χ0n) is 9.73.